The van der Waals surface area contributed by atoms with Crippen LogP contribution in [0.5, 0.6) is 0 Å². The van der Waals surface area contributed by atoms with Crippen molar-refractivity contribution in [2.45, 2.75) is 32.0 Å². The van der Waals surface area contributed by atoms with Crippen LogP contribution in [0.2, 0.25) is 0 Å². The molecule has 0 radical (unpaired) electrons. The highest BCUT2D eigenvalue weighted by atomic mass is 16.5. The third-order valence-electron chi connectivity index (χ3n) is 5.87. The van der Waals surface area contributed by atoms with E-state index in [0.29, 0.717) is 23.7 Å². The van der Waals surface area contributed by atoms with Crippen molar-refractivity contribution in [2.24, 2.45) is 5.92 Å². The SMILES string of the molecule is c1ccc(-c2noc(CN3C[C@@H]4CC[C@H]3CN(Cc3cccnc3)C4)n2)cc1. The molecular weight excluding hydrogens is 350 g/mol. The minimum atomic E-state index is 0.544. The second-order valence-corrected chi connectivity index (χ2v) is 7.96. The molecule has 2 aromatic heterocycles. The molecular formula is C22H25N5O. The molecule has 1 aromatic carbocycles. The maximum atomic E-state index is 5.57. The van der Waals surface area contributed by atoms with Crippen LogP contribution in [0.25, 0.3) is 11.4 Å². The molecule has 144 valence electrons. The highest BCUT2D eigenvalue weighted by Gasteiger charge is 2.35. The van der Waals surface area contributed by atoms with Crippen LogP contribution in [0.1, 0.15) is 24.3 Å². The van der Waals surface area contributed by atoms with Crippen LogP contribution in [0, 0.1) is 5.92 Å². The van der Waals surface area contributed by atoms with Gasteiger partial charge < -0.3 is 4.52 Å². The number of fused-ring (bicyclic) bond motifs is 4. The molecule has 2 atom stereocenters. The van der Waals surface area contributed by atoms with Gasteiger partial charge in [0.2, 0.25) is 11.7 Å². The van der Waals surface area contributed by atoms with Gasteiger partial charge in [-0.3, -0.25) is 14.8 Å². The Morgan fingerprint density at radius 3 is 2.75 bits per heavy atom. The molecule has 3 aromatic rings. The van der Waals surface area contributed by atoms with Crippen LogP contribution < -0.4 is 0 Å². The fraction of sp³-hybridized carbons (Fsp3) is 0.409. The van der Waals surface area contributed by atoms with Gasteiger partial charge in [0.05, 0.1) is 6.54 Å². The van der Waals surface area contributed by atoms with Crippen molar-refractivity contribution in [1.82, 2.24) is 24.9 Å². The summed E-state index contributed by atoms with van der Waals surface area (Å²) in [6, 6.07) is 14.7. The third-order valence-corrected chi connectivity index (χ3v) is 5.87. The van der Waals surface area contributed by atoms with Crippen LogP contribution in [-0.4, -0.2) is 50.6 Å². The van der Waals surface area contributed by atoms with E-state index in [1.165, 1.54) is 18.4 Å². The Balaban J connectivity index is 1.26. The lowest BCUT2D eigenvalue weighted by atomic mass is 9.95. The highest BCUT2D eigenvalue weighted by molar-refractivity contribution is 5.53. The summed E-state index contributed by atoms with van der Waals surface area (Å²) in [5, 5.41) is 4.18. The van der Waals surface area contributed by atoms with E-state index in [1.807, 2.05) is 48.8 Å². The van der Waals surface area contributed by atoms with Gasteiger partial charge in [0.25, 0.3) is 0 Å². The van der Waals surface area contributed by atoms with Gasteiger partial charge in [0.1, 0.15) is 0 Å². The zero-order chi connectivity index (χ0) is 18.8. The molecule has 3 fully saturated rings. The topological polar surface area (TPSA) is 58.3 Å². The predicted octanol–water partition coefficient (Wildman–Crippen LogP) is 3.23. The van der Waals surface area contributed by atoms with Crippen molar-refractivity contribution in [1.29, 1.82) is 0 Å². The summed E-state index contributed by atoms with van der Waals surface area (Å²) in [7, 11) is 0. The van der Waals surface area contributed by atoms with Crippen molar-refractivity contribution >= 4 is 0 Å². The summed E-state index contributed by atoms with van der Waals surface area (Å²) in [5.41, 5.74) is 2.29. The lowest BCUT2D eigenvalue weighted by Crippen LogP contribution is -2.43. The Morgan fingerprint density at radius 2 is 1.89 bits per heavy atom. The summed E-state index contributed by atoms with van der Waals surface area (Å²) in [6.45, 7) is 5.07. The summed E-state index contributed by atoms with van der Waals surface area (Å²) in [5.74, 6) is 2.09. The maximum absolute atomic E-state index is 5.57. The first-order chi connectivity index (χ1) is 13.8. The molecule has 0 saturated carbocycles. The average Bonchev–Trinajstić information content (AvgIpc) is 3.03. The van der Waals surface area contributed by atoms with Gasteiger partial charge in [-0.1, -0.05) is 41.6 Å². The zero-order valence-corrected chi connectivity index (χ0v) is 15.9. The predicted molar refractivity (Wildman–Crippen MR) is 106 cm³/mol. The Labute approximate surface area is 165 Å². The number of hydrogen-bond donors (Lipinski definition) is 0. The summed E-state index contributed by atoms with van der Waals surface area (Å²) in [4.78, 5) is 14.0. The Hall–Kier alpha value is -2.57. The van der Waals surface area contributed by atoms with Crippen molar-refractivity contribution < 1.29 is 4.52 Å². The minimum absolute atomic E-state index is 0.544. The van der Waals surface area contributed by atoms with Gasteiger partial charge in [0.15, 0.2) is 0 Å². The van der Waals surface area contributed by atoms with E-state index in [1.54, 1.807) is 0 Å². The van der Waals surface area contributed by atoms with Gasteiger partial charge >= 0.3 is 0 Å². The van der Waals surface area contributed by atoms with Gasteiger partial charge in [-0.05, 0) is 30.4 Å². The summed E-state index contributed by atoms with van der Waals surface area (Å²) >= 11 is 0. The molecule has 0 spiro atoms. The second-order valence-electron chi connectivity index (χ2n) is 7.96. The minimum Gasteiger partial charge on any atom is -0.338 e. The molecule has 0 amide bonds. The first-order valence-corrected chi connectivity index (χ1v) is 10.1. The Bertz CT molecular complexity index is 898. The van der Waals surface area contributed by atoms with E-state index in [9.17, 15) is 0 Å². The Morgan fingerprint density at radius 1 is 0.964 bits per heavy atom. The van der Waals surface area contributed by atoms with Crippen LogP contribution in [-0.2, 0) is 13.1 Å². The molecule has 6 heteroatoms. The smallest absolute Gasteiger partial charge is 0.241 e. The van der Waals surface area contributed by atoms with Crippen LogP contribution >= 0.6 is 0 Å². The third kappa shape index (κ3) is 3.84. The van der Waals surface area contributed by atoms with Crippen molar-refractivity contribution in [3.8, 4) is 11.4 Å². The van der Waals surface area contributed by atoms with E-state index in [2.05, 4.69) is 31.0 Å². The van der Waals surface area contributed by atoms with Gasteiger partial charge in [0, 0.05) is 50.2 Å². The van der Waals surface area contributed by atoms with E-state index in [-0.39, 0.29) is 0 Å². The number of pyridine rings is 1. The fourth-order valence-corrected chi connectivity index (χ4v) is 4.55. The second kappa shape index (κ2) is 7.81. The number of piperidine rings is 1. The molecule has 5 heterocycles. The van der Waals surface area contributed by atoms with Crippen LogP contribution in [0.15, 0.2) is 59.4 Å². The lowest BCUT2D eigenvalue weighted by Gasteiger charge is -2.35. The van der Waals surface area contributed by atoms with Gasteiger partial charge in [-0.15, -0.1) is 0 Å². The van der Waals surface area contributed by atoms with Gasteiger partial charge in [-0.25, -0.2) is 0 Å². The highest BCUT2D eigenvalue weighted by Crippen LogP contribution is 2.30. The van der Waals surface area contributed by atoms with Crippen LogP contribution in [0.3, 0.4) is 0 Å². The average molecular weight is 375 g/mol. The Kier molecular flexibility index (Phi) is 4.89. The molecule has 6 rings (SSSR count). The normalized spacial score (nSPS) is 23.0. The molecule has 0 aliphatic carbocycles. The molecule has 28 heavy (non-hydrogen) atoms. The molecule has 0 N–H and O–H groups in total. The number of nitrogens with zero attached hydrogens (tertiary/aromatic N) is 5. The molecule has 6 nitrogen and oxygen atoms in total. The largest absolute Gasteiger partial charge is 0.338 e. The maximum Gasteiger partial charge on any atom is 0.241 e. The summed E-state index contributed by atoms with van der Waals surface area (Å²) in [6.07, 6.45) is 6.37. The number of rotatable bonds is 5. The molecule has 0 unspecified atom stereocenters. The van der Waals surface area contributed by atoms with Crippen molar-refractivity contribution in [3.63, 3.8) is 0 Å². The standard InChI is InChI=1S/C22H25N5O/c1-2-6-19(7-3-1)22-24-21(28-25-22)16-27-14-18-8-9-20(27)15-26(13-18)12-17-5-4-10-23-11-17/h1-7,10-11,18,20H,8-9,12-16H2/t18-,20+/m1/s1. The van der Waals surface area contributed by atoms with Crippen molar-refractivity contribution in [2.75, 3.05) is 19.6 Å². The number of benzene rings is 1. The quantitative estimate of drug-likeness (QED) is 0.682. The molecule has 2 bridgehead atoms. The van der Waals surface area contributed by atoms with Gasteiger partial charge in [-0.2, -0.15) is 4.98 Å². The first kappa shape index (κ1) is 17.5. The zero-order valence-electron chi connectivity index (χ0n) is 15.9. The molecule has 3 saturated heterocycles. The monoisotopic (exact) mass is 375 g/mol. The fourth-order valence-electron chi connectivity index (χ4n) is 4.55. The van der Waals surface area contributed by atoms with E-state index in [4.69, 9.17) is 4.52 Å². The first-order valence-electron chi connectivity index (χ1n) is 10.1. The van der Waals surface area contributed by atoms with Crippen molar-refractivity contribution in [3.05, 3.63) is 66.3 Å². The van der Waals surface area contributed by atoms with E-state index >= 15 is 0 Å². The lowest BCUT2D eigenvalue weighted by molar-refractivity contribution is 0.109. The van der Waals surface area contributed by atoms with E-state index in [0.717, 1.165) is 38.3 Å². The number of hydrogen-bond acceptors (Lipinski definition) is 6. The summed E-state index contributed by atoms with van der Waals surface area (Å²) < 4.78 is 5.57. The van der Waals surface area contributed by atoms with Crippen LogP contribution in [0.4, 0.5) is 0 Å². The number of aromatic nitrogens is 3. The molecule has 3 aliphatic rings. The van der Waals surface area contributed by atoms with E-state index < -0.39 is 0 Å². The molecule has 3 aliphatic heterocycles.